The number of benzene rings is 3. The first kappa shape index (κ1) is 17.2. The highest BCUT2D eigenvalue weighted by Gasteiger charge is 2.29. The van der Waals surface area contributed by atoms with Crippen LogP contribution < -0.4 is 14.2 Å². The van der Waals surface area contributed by atoms with Gasteiger partial charge < -0.3 is 14.2 Å². The summed E-state index contributed by atoms with van der Waals surface area (Å²) >= 11 is 0. The zero-order chi connectivity index (χ0) is 18.8. The van der Waals surface area contributed by atoms with Gasteiger partial charge in [0.25, 0.3) is 0 Å². The van der Waals surface area contributed by atoms with Crippen molar-refractivity contribution in [3.05, 3.63) is 77.9 Å². The molecular formula is C23H20O4. The smallest absolute Gasteiger partial charge is 0.356 e. The summed E-state index contributed by atoms with van der Waals surface area (Å²) < 4.78 is 16.9. The van der Waals surface area contributed by atoms with Crippen LogP contribution in [0.5, 0.6) is 17.2 Å². The predicted octanol–water partition coefficient (Wildman–Crippen LogP) is 4.72. The number of aryl methyl sites for hydroxylation is 2. The van der Waals surface area contributed by atoms with Crippen LogP contribution in [-0.4, -0.2) is 18.7 Å². The van der Waals surface area contributed by atoms with Crippen molar-refractivity contribution in [3.63, 3.8) is 0 Å². The van der Waals surface area contributed by atoms with Crippen LogP contribution in [0, 0.1) is 13.8 Å². The van der Waals surface area contributed by atoms with Crippen LogP contribution in [-0.2, 0) is 4.79 Å². The maximum absolute atomic E-state index is 12.5. The second-order valence-electron chi connectivity index (χ2n) is 6.63. The summed E-state index contributed by atoms with van der Waals surface area (Å²) in [6.07, 6.45) is -0.781. The van der Waals surface area contributed by atoms with E-state index in [0.29, 0.717) is 17.2 Å². The van der Waals surface area contributed by atoms with Crippen LogP contribution in [0.25, 0.3) is 11.1 Å². The molecule has 1 aliphatic rings. The summed E-state index contributed by atoms with van der Waals surface area (Å²) in [5, 5.41) is 0. The normalized spacial score (nSPS) is 15.3. The summed E-state index contributed by atoms with van der Waals surface area (Å²) in [6.45, 7) is 4.12. The highest BCUT2D eigenvalue weighted by Crippen LogP contribution is 2.32. The molecule has 0 amide bonds. The predicted molar refractivity (Wildman–Crippen MR) is 103 cm³/mol. The Hall–Kier alpha value is -3.27. The van der Waals surface area contributed by atoms with Crippen LogP contribution in [0.15, 0.2) is 66.7 Å². The number of carbonyl (C=O) groups excluding carboxylic acids is 1. The molecule has 0 saturated heterocycles. The van der Waals surface area contributed by atoms with Gasteiger partial charge in [-0.25, -0.2) is 4.79 Å². The lowest BCUT2D eigenvalue weighted by molar-refractivity contribution is -0.144. The zero-order valence-electron chi connectivity index (χ0n) is 15.3. The Morgan fingerprint density at radius 1 is 0.926 bits per heavy atom. The molecule has 27 heavy (non-hydrogen) atoms. The second-order valence-corrected chi connectivity index (χ2v) is 6.63. The van der Waals surface area contributed by atoms with Crippen molar-refractivity contribution in [1.29, 1.82) is 0 Å². The molecule has 4 heteroatoms. The third kappa shape index (κ3) is 3.65. The largest absolute Gasteiger partial charge is 0.485 e. The number of hydrogen-bond donors (Lipinski definition) is 0. The minimum absolute atomic E-state index is 0.135. The van der Waals surface area contributed by atoms with Crippen LogP contribution in [0.2, 0.25) is 0 Å². The van der Waals surface area contributed by atoms with Crippen LogP contribution in [0.1, 0.15) is 11.1 Å². The average Bonchev–Trinajstić information content (AvgIpc) is 2.69. The van der Waals surface area contributed by atoms with Crippen LogP contribution in [0.4, 0.5) is 0 Å². The molecule has 4 nitrogen and oxygen atoms in total. The highest BCUT2D eigenvalue weighted by molar-refractivity contribution is 5.79. The molecule has 0 saturated carbocycles. The number of hydrogen-bond acceptors (Lipinski definition) is 4. The van der Waals surface area contributed by atoms with Gasteiger partial charge in [-0.3, -0.25) is 0 Å². The van der Waals surface area contributed by atoms with Gasteiger partial charge in [-0.05, 0) is 54.8 Å². The van der Waals surface area contributed by atoms with Crippen molar-refractivity contribution >= 4 is 5.97 Å². The maximum Gasteiger partial charge on any atom is 0.356 e. The molecule has 1 atom stereocenters. The molecule has 0 spiro atoms. The first-order valence-corrected chi connectivity index (χ1v) is 8.88. The third-order valence-electron chi connectivity index (χ3n) is 4.54. The van der Waals surface area contributed by atoms with E-state index in [-0.39, 0.29) is 6.61 Å². The van der Waals surface area contributed by atoms with Crippen molar-refractivity contribution in [2.24, 2.45) is 0 Å². The van der Waals surface area contributed by atoms with E-state index in [1.54, 1.807) is 6.07 Å². The molecule has 0 radical (unpaired) electrons. The molecule has 3 aromatic carbocycles. The molecule has 4 rings (SSSR count). The van der Waals surface area contributed by atoms with E-state index < -0.39 is 12.1 Å². The molecule has 136 valence electrons. The summed E-state index contributed by atoms with van der Waals surface area (Å²) in [6, 6.07) is 21.4. The Balaban J connectivity index is 1.48. The number of rotatable bonds is 3. The fourth-order valence-electron chi connectivity index (χ4n) is 3.00. The van der Waals surface area contributed by atoms with Gasteiger partial charge in [0.2, 0.25) is 6.10 Å². The highest BCUT2D eigenvalue weighted by atomic mass is 16.6. The molecule has 0 aromatic heterocycles. The number of esters is 1. The fourth-order valence-corrected chi connectivity index (χ4v) is 3.00. The van der Waals surface area contributed by atoms with Crippen molar-refractivity contribution in [2.75, 3.05) is 6.61 Å². The first-order chi connectivity index (χ1) is 13.1. The molecule has 0 bridgehead atoms. The summed E-state index contributed by atoms with van der Waals surface area (Å²) in [4.78, 5) is 12.5. The number of carbonyl (C=O) groups is 1. The van der Waals surface area contributed by atoms with Gasteiger partial charge in [-0.2, -0.15) is 0 Å². The Kier molecular flexibility index (Phi) is 4.55. The number of ether oxygens (including phenoxy) is 3. The Labute approximate surface area is 158 Å². The van der Waals surface area contributed by atoms with Gasteiger partial charge in [0.1, 0.15) is 12.4 Å². The Bertz CT molecular complexity index is 976. The number of para-hydroxylation sites is 2. The van der Waals surface area contributed by atoms with Crippen LogP contribution >= 0.6 is 0 Å². The van der Waals surface area contributed by atoms with Gasteiger partial charge in [-0.15, -0.1) is 0 Å². The summed E-state index contributed by atoms with van der Waals surface area (Å²) in [5.41, 5.74) is 4.32. The molecule has 1 heterocycles. The van der Waals surface area contributed by atoms with Gasteiger partial charge in [-0.1, -0.05) is 48.0 Å². The molecule has 0 fully saturated rings. The topological polar surface area (TPSA) is 44.8 Å². The van der Waals surface area contributed by atoms with Crippen molar-refractivity contribution in [2.45, 2.75) is 20.0 Å². The Morgan fingerprint density at radius 3 is 2.37 bits per heavy atom. The van der Waals surface area contributed by atoms with E-state index in [0.717, 1.165) is 16.7 Å². The SMILES string of the molecule is Cc1ccc(-c2ccc(OC(=O)[C@@H]3COc4ccccc4O3)c(C)c2)cc1. The molecule has 0 N–H and O–H groups in total. The lowest BCUT2D eigenvalue weighted by atomic mass is 10.0. The maximum atomic E-state index is 12.5. The van der Waals surface area contributed by atoms with Crippen LogP contribution in [0.3, 0.4) is 0 Å². The van der Waals surface area contributed by atoms with Gasteiger partial charge in [0.15, 0.2) is 11.5 Å². The minimum Gasteiger partial charge on any atom is -0.485 e. The monoisotopic (exact) mass is 360 g/mol. The Morgan fingerprint density at radius 2 is 1.63 bits per heavy atom. The van der Waals surface area contributed by atoms with Gasteiger partial charge >= 0.3 is 5.97 Å². The average molecular weight is 360 g/mol. The number of fused-ring (bicyclic) bond motifs is 1. The fraction of sp³-hybridized carbons (Fsp3) is 0.174. The van der Waals surface area contributed by atoms with Crippen molar-refractivity contribution < 1.29 is 19.0 Å². The van der Waals surface area contributed by atoms with Gasteiger partial charge in [0, 0.05) is 0 Å². The molecule has 1 aliphatic heterocycles. The second kappa shape index (κ2) is 7.16. The third-order valence-corrected chi connectivity index (χ3v) is 4.54. The summed E-state index contributed by atoms with van der Waals surface area (Å²) in [7, 11) is 0. The van der Waals surface area contributed by atoms with Crippen molar-refractivity contribution in [3.8, 4) is 28.4 Å². The molecule has 0 aliphatic carbocycles. The van der Waals surface area contributed by atoms with Crippen molar-refractivity contribution in [1.82, 2.24) is 0 Å². The molecular weight excluding hydrogens is 340 g/mol. The van der Waals surface area contributed by atoms with E-state index in [1.165, 1.54) is 5.56 Å². The van der Waals surface area contributed by atoms with Gasteiger partial charge in [0.05, 0.1) is 0 Å². The lowest BCUT2D eigenvalue weighted by Crippen LogP contribution is -2.39. The van der Waals surface area contributed by atoms with E-state index in [4.69, 9.17) is 14.2 Å². The van der Waals surface area contributed by atoms with E-state index >= 15 is 0 Å². The standard InChI is InChI=1S/C23H20O4/c1-15-7-9-17(10-8-15)18-11-12-19(16(2)13-18)27-23(24)22-14-25-20-5-3-4-6-21(20)26-22/h3-13,22H,14H2,1-2H3/t22-/m0/s1. The van der Waals surface area contributed by atoms with E-state index in [2.05, 4.69) is 31.2 Å². The quantitative estimate of drug-likeness (QED) is 0.501. The summed E-state index contributed by atoms with van der Waals surface area (Å²) in [5.74, 6) is 1.26. The lowest BCUT2D eigenvalue weighted by Gasteiger charge is -2.25. The minimum atomic E-state index is -0.781. The molecule has 3 aromatic rings. The zero-order valence-corrected chi connectivity index (χ0v) is 15.3. The first-order valence-electron chi connectivity index (χ1n) is 8.88. The van der Waals surface area contributed by atoms with E-state index in [9.17, 15) is 4.79 Å². The molecule has 0 unspecified atom stereocenters. The van der Waals surface area contributed by atoms with E-state index in [1.807, 2.05) is 43.3 Å².